The monoisotopic (exact) mass is 498 g/mol. The number of aryl methyl sites for hydroxylation is 1. The fourth-order valence-electron chi connectivity index (χ4n) is 3.50. The van der Waals surface area contributed by atoms with Crippen molar-refractivity contribution in [1.29, 1.82) is 0 Å². The average Bonchev–Trinajstić information content (AvgIpc) is 3.10. The van der Waals surface area contributed by atoms with Gasteiger partial charge in [-0.2, -0.15) is 5.10 Å². The van der Waals surface area contributed by atoms with Crippen LogP contribution in [0.5, 0.6) is 0 Å². The summed E-state index contributed by atoms with van der Waals surface area (Å²) in [5.41, 5.74) is 1.36. The Hall–Kier alpha value is -1.68. The van der Waals surface area contributed by atoms with Gasteiger partial charge in [0.25, 0.3) is 0 Å². The summed E-state index contributed by atoms with van der Waals surface area (Å²) >= 11 is 0. The second-order valence-electron chi connectivity index (χ2n) is 6.91. The van der Waals surface area contributed by atoms with Crippen LogP contribution in [0.1, 0.15) is 42.9 Å². The van der Waals surface area contributed by atoms with Gasteiger partial charge in [-0.3, -0.25) is 4.99 Å². The molecule has 1 aliphatic heterocycles. The van der Waals surface area contributed by atoms with Crippen LogP contribution in [0, 0.1) is 0 Å². The smallest absolute Gasteiger partial charge is 0.191 e. The van der Waals surface area contributed by atoms with Gasteiger partial charge in [0.1, 0.15) is 12.4 Å². The van der Waals surface area contributed by atoms with Gasteiger partial charge in [-0.15, -0.1) is 24.0 Å². The number of fused-ring (bicyclic) bond motifs is 1. The highest BCUT2D eigenvalue weighted by Gasteiger charge is 2.22. The van der Waals surface area contributed by atoms with E-state index in [4.69, 9.17) is 4.74 Å². The molecule has 0 spiro atoms. The van der Waals surface area contributed by atoms with E-state index < -0.39 is 0 Å². The number of guanidine groups is 1. The molecule has 0 saturated carbocycles. The van der Waals surface area contributed by atoms with E-state index in [1.807, 2.05) is 11.7 Å². The average molecular weight is 498 g/mol. The Morgan fingerprint density at radius 1 is 1.36 bits per heavy atom. The number of benzene rings is 1. The van der Waals surface area contributed by atoms with Crippen LogP contribution in [0.25, 0.3) is 0 Å². The maximum absolute atomic E-state index is 5.13. The van der Waals surface area contributed by atoms with Crippen LogP contribution in [0.3, 0.4) is 0 Å². The molecular formula is C20H31IN6O. The number of aromatic nitrogens is 3. The number of methoxy groups -OCH3 is 1. The number of hydrogen-bond donors (Lipinski definition) is 2. The quantitative estimate of drug-likeness (QED) is 0.349. The van der Waals surface area contributed by atoms with Crippen molar-refractivity contribution in [2.45, 2.75) is 51.3 Å². The van der Waals surface area contributed by atoms with Gasteiger partial charge in [0, 0.05) is 39.1 Å². The summed E-state index contributed by atoms with van der Waals surface area (Å²) in [4.78, 5) is 8.93. The molecule has 2 unspecified atom stereocenters. The van der Waals surface area contributed by atoms with E-state index in [9.17, 15) is 0 Å². The molecule has 2 heterocycles. The second-order valence-corrected chi connectivity index (χ2v) is 6.91. The van der Waals surface area contributed by atoms with Crippen LogP contribution in [-0.4, -0.2) is 47.5 Å². The Labute approximate surface area is 184 Å². The number of hydrogen-bond acceptors (Lipinski definition) is 4. The van der Waals surface area contributed by atoms with E-state index in [-0.39, 0.29) is 30.0 Å². The van der Waals surface area contributed by atoms with Crippen LogP contribution in [0.2, 0.25) is 0 Å². The molecule has 1 aromatic carbocycles. The van der Waals surface area contributed by atoms with Crippen LogP contribution in [0.4, 0.5) is 0 Å². The topological polar surface area (TPSA) is 76.4 Å². The fraction of sp³-hybridized carbons (Fsp3) is 0.550. The molecule has 154 valence electrons. The fourth-order valence-corrected chi connectivity index (χ4v) is 3.50. The first kappa shape index (κ1) is 22.6. The Balaban J connectivity index is 0.00000280. The maximum Gasteiger partial charge on any atom is 0.191 e. The summed E-state index contributed by atoms with van der Waals surface area (Å²) in [6.45, 7) is 4.34. The summed E-state index contributed by atoms with van der Waals surface area (Å²) in [5.74, 6) is 3.10. The molecule has 2 aromatic rings. The summed E-state index contributed by atoms with van der Waals surface area (Å²) in [6, 6.07) is 10.9. The molecule has 7 nitrogen and oxygen atoms in total. The number of rotatable bonds is 7. The maximum atomic E-state index is 5.13. The molecule has 2 N–H and O–H groups in total. The first-order valence-electron chi connectivity index (χ1n) is 9.67. The highest BCUT2D eigenvalue weighted by Crippen LogP contribution is 2.18. The zero-order valence-electron chi connectivity index (χ0n) is 16.9. The number of ether oxygens (including phenoxy) is 1. The van der Waals surface area contributed by atoms with Gasteiger partial charge in [-0.25, -0.2) is 9.67 Å². The van der Waals surface area contributed by atoms with E-state index in [2.05, 4.69) is 63.0 Å². The van der Waals surface area contributed by atoms with Crippen molar-refractivity contribution in [2.75, 3.05) is 20.7 Å². The van der Waals surface area contributed by atoms with Crippen LogP contribution in [0.15, 0.2) is 35.3 Å². The van der Waals surface area contributed by atoms with Crippen molar-refractivity contribution in [2.24, 2.45) is 4.99 Å². The second kappa shape index (κ2) is 11.4. The number of halogens is 1. The van der Waals surface area contributed by atoms with Crippen molar-refractivity contribution >= 4 is 29.9 Å². The van der Waals surface area contributed by atoms with Gasteiger partial charge < -0.3 is 15.4 Å². The van der Waals surface area contributed by atoms with Gasteiger partial charge in [0.05, 0.1) is 6.54 Å². The lowest BCUT2D eigenvalue weighted by molar-refractivity contribution is 0.177. The third-order valence-corrected chi connectivity index (χ3v) is 5.02. The molecule has 1 aliphatic rings. The van der Waals surface area contributed by atoms with Crippen LogP contribution >= 0.6 is 24.0 Å². The SMILES string of the molecule is CCC(CNC(=NC)NC1CCc2nc(COC)nn2C1)c1ccccc1.I. The molecule has 0 fully saturated rings. The third kappa shape index (κ3) is 5.91. The molecule has 3 rings (SSSR count). The molecule has 2 atom stereocenters. The van der Waals surface area contributed by atoms with Gasteiger partial charge >= 0.3 is 0 Å². The van der Waals surface area contributed by atoms with E-state index in [1.165, 1.54) is 5.56 Å². The van der Waals surface area contributed by atoms with Crippen molar-refractivity contribution in [3.8, 4) is 0 Å². The molecular weight excluding hydrogens is 467 g/mol. The minimum absolute atomic E-state index is 0. The molecule has 0 amide bonds. The summed E-state index contributed by atoms with van der Waals surface area (Å²) in [7, 11) is 3.48. The van der Waals surface area contributed by atoms with Crippen molar-refractivity contribution in [3.05, 3.63) is 47.5 Å². The Bertz CT molecular complexity index is 748. The van der Waals surface area contributed by atoms with Crippen molar-refractivity contribution in [1.82, 2.24) is 25.4 Å². The van der Waals surface area contributed by atoms with Gasteiger partial charge in [-0.05, 0) is 18.4 Å². The summed E-state index contributed by atoms with van der Waals surface area (Å²) in [6.07, 6.45) is 3.01. The Kier molecular flexibility index (Phi) is 9.17. The predicted octanol–water partition coefficient (Wildman–Crippen LogP) is 2.72. The standard InChI is InChI=1S/C20H30N6O.HI/c1-4-15(16-8-6-5-7-9-16)12-22-20(21-2)23-17-10-11-19-24-18(14-27-3)25-26(19)13-17;/h5-9,15,17H,4,10-14H2,1-3H3,(H2,21,22,23);1H. The number of nitrogens with zero attached hydrogens (tertiary/aromatic N) is 4. The molecule has 0 radical (unpaired) electrons. The molecule has 8 heteroatoms. The minimum Gasteiger partial charge on any atom is -0.377 e. The van der Waals surface area contributed by atoms with E-state index in [0.717, 1.165) is 50.0 Å². The summed E-state index contributed by atoms with van der Waals surface area (Å²) < 4.78 is 7.12. The first-order chi connectivity index (χ1) is 13.2. The normalized spacial score (nSPS) is 17.4. The molecule has 1 aromatic heterocycles. The molecule has 0 bridgehead atoms. The van der Waals surface area contributed by atoms with Crippen LogP contribution in [-0.2, 0) is 24.3 Å². The number of aliphatic imine (C=N–C) groups is 1. The van der Waals surface area contributed by atoms with Gasteiger partial charge in [-0.1, -0.05) is 37.3 Å². The summed E-state index contributed by atoms with van der Waals surface area (Å²) in [5, 5.41) is 11.6. The van der Waals surface area contributed by atoms with Gasteiger partial charge in [0.15, 0.2) is 11.8 Å². The highest BCUT2D eigenvalue weighted by molar-refractivity contribution is 14.0. The Morgan fingerprint density at radius 3 is 2.82 bits per heavy atom. The minimum atomic E-state index is 0. The predicted molar refractivity (Wildman–Crippen MR) is 122 cm³/mol. The third-order valence-electron chi connectivity index (χ3n) is 5.02. The first-order valence-corrected chi connectivity index (χ1v) is 9.67. The number of nitrogens with one attached hydrogen (secondary N) is 2. The lowest BCUT2D eigenvalue weighted by Crippen LogP contribution is -2.47. The van der Waals surface area contributed by atoms with Gasteiger partial charge in [0.2, 0.25) is 0 Å². The zero-order chi connectivity index (χ0) is 19.1. The van der Waals surface area contributed by atoms with Crippen molar-refractivity contribution < 1.29 is 4.74 Å². The lowest BCUT2D eigenvalue weighted by Gasteiger charge is -2.26. The van der Waals surface area contributed by atoms with Crippen molar-refractivity contribution in [3.63, 3.8) is 0 Å². The van der Waals surface area contributed by atoms with E-state index in [1.54, 1.807) is 7.11 Å². The Morgan fingerprint density at radius 2 is 2.14 bits per heavy atom. The largest absolute Gasteiger partial charge is 0.377 e. The molecule has 0 aliphatic carbocycles. The lowest BCUT2D eigenvalue weighted by atomic mass is 9.96. The van der Waals surface area contributed by atoms with E-state index >= 15 is 0 Å². The molecule has 28 heavy (non-hydrogen) atoms. The van der Waals surface area contributed by atoms with E-state index in [0.29, 0.717) is 12.5 Å². The van der Waals surface area contributed by atoms with Crippen LogP contribution < -0.4 is 10.6 Å². The zero-order valence-corrected chi connectivity index (χ0v) is 19.2. The molecule has 0 saturated heterocycles. The highest BCUT2D eigenvalue weighted by atomic mass is 127.